The Morgan fingerprint density at radius 2 is 1.82 bits per heavy atom. The second kappa shape index (κ2) is 1.87. The van der Waals surface area contributed by atoms with E-state index in [1.807, 2.05) is 0 Å². The molecule has 1 saturated carbocycles. The molecular weight excluding hydrogens is 151 g/mol. The summed E-state index contributed by atoms with van der Waals surface area (Å²) in [4.78, 5) is 0. The molecule has 0 N–H and O–H groups in total. The number of rotatable bonds is 1. The summed E-state index contributed by atoms with van der Waals surface area (Å²) < 4.78 is 0. The van der Waals surface area contributed by atoms with Crippen LogP contribution in [0.3, 0.4) is 0 Å². The van der Waals surface area contributed by atoms with E-state index in [1.54, 1.807) is 5.30 Å². The molecule has 1 heterocycles. The highest BCUT2D eigenvalue weighted by molar-refractivity contribution is 7.75. The third-order valence-corrected chi connectivity index (χ3v) is 6.03. The van der Waals surface area contributed by atoms with Crippen molar-refractivity contribution in [2.45, 2.75) is 18.0 Å². The minimum Gasteiger partial charge on any atom is -0.0677 e. The van der Waals surface area contributed by atoms with Gasteiger partial charge >= 0.3 is 0 Å². The Labute approximate surface area is 68.4 Å². The van der Waals surface area contributed by atoms with Gasteiger partial charge in [0.15, 0.2) is 0 Å². The first-order valence-electron chi connectivity index (χ1n) is 4.23. The van der Waals surface area contributed by atoms with Crippen LogP contribution < -0.4 is 5.30 Å². The highest BCUT2D eigenvalue weighted by atomic mass is 31.1. The zero-order chi connectivity index (χ0) is 7.31. The quantitative estimate of drug-likeness (QED) is 0.556. The Balaban J connectivity index is 1.91. The van der Waals surface area contributed by atoms with Crippen molar-refractivity contribution in [3.8, 4) is 0 Å². The van der Waals surface area contributed by atoms with E-state index in [0.717, 1.165) is 5.16 Å². The maximum absolute atomic E-state index is 2.30. The number of benzene rings is 1. The largest absolute Gasteiger partial charge is 0.0677 e. The van der Waals surface area contributed by atoms with Gasteiger partial charge in [-0.3, -0.25) is 0 Å². The predicted molar refractivity (Wildman–Crippen MR) is 49.8 cm³/mol. The van der Waals surface area contributed by atoms with Crippen LogP contribution in [0, 0.1) is 0 Å². The fraction of sp³-hybridized carbons (Fsp3) is 0.400. The molecule has 3 rings (SSSR count). The maximum Gasteiger partial charge on any atom is -0.00110 e. The van der Waals surface area contributed by atoms with Gasteiger partial charge in [-0.05, 0) is 29.5 Å². The van der Waals surface area contributed by atoms with Crippen molar-refractivity contribution < 1.29 is 0 Å². The Morgan fingerprint density at radius 1 is 1.09 bits per heavy atom. The normalized spacial score (nSPS) is 30.4. The molecule has 0 nitrogen and oxygen atoms in total. The molecule has 0 radical (unpaired) electrons. The number of hydrogen-bond donors (Lipinski definition) is 0. The summed E-state index contributed by atoms with van der Waals surface area (Å²) in [5, 5.41) is 2.52. The van der Waals surface area contributed by atoms with E-state index in [9.17, 15) is 0 Å². The van der Waals surface area contributed by atoms with Gasteiger partial charge < -0.3 is 0 Å². The zero-order valence-corrected chi connectivity index (χ0v) is 7.35. The molecule has 1 aliphatic carbocycles. The fourth-order valence-corrected chi connectivity index (χ4v) is 4.76. The van der Waals surface area contributed by atoms with Gasteiger partial charge in [-0.2, -0.15) is 0 Å². The second-order valence-electron chi connectivity index (χ2n) is 3.65. The Hall–Kier alpha value is -0.350. The van der Waals surface area contributed by atoms with Crippen LogP contribution in [0.15, 0.2) is 30.3 Å². The lowest BCUT2D eigenvalue weighted by Gasteiger charge is -1.96. The van der Waals surface area contributed by atoms with Crippen molar-refractivity contribution in [2.24, 2.45) is 0 Å². The van der Waals surface area contributed by atoms with Crippen LogP contribution in [0.5, 0.6) is 0 Å². The van der Waals surface area contributed by atoms with Crippen LogP contribution in [0.25, 0.3) is 0 Å². The summed E-state index contributed by atoms with van der Waals surface area (Å²) >= 11 is 0. The molecule has 1 aromatic carbocycles. The van der Waals surface area contributed by atoms with Crippen LogP contribution in [0.4, 0.5) is 0 Å². The summed E-state index contributed by atoms with van der Waals surface area (Å²) in [6.45, 7) is 0. The lowest BCUT2D eigenvalue weighted by atomic mass is 10.4. The van der Waals surface area contributed by atoms with Crippen molar-refractivity contribution in [1.29, 1.82) is 0 Å². The SMILES string of the molecule is c1ccc(P2CC23CC3)cc1. The summed E-state index contributed by atoms with van der Waals surface area (Å²) in [6, 6.07) is 11.1. The minimum absolute atomic E-state index is 0.322. The highest BCUT2D eigenvalue weighted by Crippen LogP contribution is 2.79. The molecule has 56 valence electrons. The van der Waals surface area contributed by atoms with Gasteiger partial charge in [-0.25, -0.2) is 0 Å². The topological polar surface area (TPSA) is 0 Å². The molecule has 0 bridgehead atoms. The monoisotopic (exact) mass is 162 g/mol. The summed E-state index contributed by atoms with van der Waals surface area (Å²) in [5.41, 5.74) is 0. The van der Waals surface area contributed by atoms with Gasteiger partial charge in [-0.15, -0.1) is 0 Å². The molecule has 1 aliphatic heterocycles. The van der Waals surface area contributed by atoms with Crippen molar-refractivity contribution in [3.63, 3.8) is 0 Å². The maximum atomic E-state index is 2.30. The first kappa shape index (κ1) is 6.20. The van der Waals surface area contributed by atoms with Gasteiger partial charge in [0.05, 0.1) is 0 Å². The lowest BCUT2D eigenvalue weighted by Crippen LogP contribution is -1.92. The molecule has 0 aromatic heterocycles. The first-order valence-corrected chi connectivity index (χ1v) is 5.76. The van der Waals surface area contributed by atoms with E-state index in [-0.39, 0.29) is 0 Å². The van der Waals surface area contributed by atoms with Crippen LogP contribution in [-0.4, -0.2) is 11.3 Å². The van der Waals surface area contributed by atoms with Crippen LogP contribution in [-0.2, 0) is 0 Å². The highest BCUT2D eigenvalue weighted by Gasteiger charge is 2.62. The average molecular weight is 162 g/mol. The molecule has 1 saturated heterocycles. The first-order chi connectivity index (χ1) is 5.41. The van der Waals surface area contributed by atoms with Gasteiger partial charge in [0, 0.05) is 0 Å². The minimum atomic E-state index is 0.322. The van der Waals surface area contributed by atoms with E-state index < -0.39 is 0 Å². The Kier molecular flexibility index (Phi) is 1.05. The number of hydrogen-bond acceptors (Lipinski definition) is 0. The van der Waals surface area contributed by atoms with Gasteiger partial charge in [0.2, 0.25) is 0 Å². The van der Waals surface area contributed by atoms with Gasteiger partial charge in [-0.1, -0.05) is 38.3 Å². The zero-order valence-electron chi connectivity index (χ0n) is 6.46. The molecule has 1 spiro atoms. The standard InChI is InChI=1S/C10H11P/c1-2-4-9(5-3-1)11-8-10(11)6-7-10/h1-5H,6-8H2. The fourth-order valence-electron chi connectivity index (χ4n) is 1.80. The van der Waals surface area contributed by atoms with Crippen molar-refractivity contribution >= 4 is 13.2 Å². The molecule has 11 heavy (non-hydrogen) atoms. The average Bonchev–Trinajstić information content (AvgIpc) is 2.95. The molecule has 2 aliphatic rings. The Morgan fingerprint density at radius 3 is 2.36 bits per heavy atom. The van der Waals surface area contributed by atoms with Crippen LogP contribution in [0.1, 0.15) is 12.8 Å². The summed E-state index contributed by atoms with van der Waals surface area (Å²) in [7, 11) is 0.322. The van der Waals surface area contributed by atoms with E-state index >= 15 is 0 Å². The third kappa shape index (κ3) is 0.858. The lowest BCUT2D eigenvalue weighted by molar-refractivity contribution is 1.20. The van der Waals surface area contributed by atoms with Gasteiger partial charge in [0.25, 0.3) is 0 Å². The van der Waals surface area contributed by atoms with E-state index in [0.29, 0.717) is 7.92 Å². The van der Waals surface area contributed by atoms with Gasteiger partial charge in [0.1, 0.15) is 0 Å². The van der Waals surface area contributed by atoms with E-state index in [1.165, 1.54) is 19.0 Å². The van der Waals surface area contributed by atoms with Crippen molar-refractivity contribution in [3.05, 3.63) is 30.3 Å². The van der Waals surface area contributed by atoms with Crippen molar-refractivity contribution in [2.75, 3.05) is 6.16 Å². The smallest absolute Gasteiger partial charge is 0.00110 e. The van der Waals surface area contributed by atoms with Crippen LogP contribution in [0.2, 0.25) is 0 Å². The second-order valence-corrected chi connectivity index (χ2v) is 6.28. The molecular formula is C10H11P. The molecule has 1 aromatic rings. The Bertz CT molecular complexity index is 274. The summed E-state index contributed by atoms with van der Waals surface area (Å²) in [5.74, 6) is 0. The molecule has 2 fully saturated rings. The predicted octanol–water partition coefficient (Wildman–Crippen LogP) is 2.34. The summed E-state index contributed by atoms with van der Waals surface area (Å²) in [6.07, 6.45) is 4.58. The molecule has 0 amide bonds. The molecule has 1 atom stereocenters. The van der Waals surface area contributed by atoms with Crippen molar-refractivity contribution in [1.82, 2.24) is 0 Å². The molecule has 1 unspecified atom stereocenters. The van der Waals surface area contributed by atoms with E-state index in [2.05, 4.69) is 30.3 Å². The van der Waals surface area contributed by atoms with Crippen LogP contribution >= 0.6 is 7.92 Å². The third-order valence-electron chi connectivity index (χ3n) is 2.82. The molecule has 1 heteroatoms. The van der Waals surface area contributed by atoms with E-state index in [4.69, 9.17) is 0 Å².